The van der Waals surface area contributed by atoms with Crippen molar-refractivity contribution in [3.8, 4) is 11.5 Å². The fourth-order valence-electron chi connectivity index (χ4n) is 2.27. The van der Waals surface area contributed by atoms with E-state index in [1.807, 2.05) is 19.1 Å². The molecule has 0 fully saturated rings. The maximum atomic E-state index is 12.4. The first-order chi connectivity index (χ1) is 11.4. The number of carbonyl (C=O) groups excluding carboxylic acids is 1. The van der Waals surface area contributed by atoms with Gasteiger partial charge in [-0.15, -0.1) is 0 Å². The van der Waals surface area contributed by atoms with Crippen molar-refractivity contribution in [2.45, 2.75) is 13.5 Å². The Bertz CT molecular complexity index is 764. The first kappa shape index (κ1) is 17.4. The van der Waals surface area contributed by atoms with Gasteiger partial charge in [0.1, 0.15) is 6.26 Å². The van der Waals surface area contributed by atoms with Gasteiger partial charge in [-0.3, -0.25) is 4.79 Å². The van der Waals surface area contributed by atoms with Crippen LogP contribution in [0.1, 0.15) is 32.0 Å². The Kier molecular flexibility index (Phi) is 5.13. The van der Waals surface area contributed by atoms with Crippen molar-refractivity contribution in [2.75, 3.05) is 21.3 Å². The van der Waals surface area contributed by atoms with Crippen LogP contribution in [0, 0.1) is 6.92 Å². The molecule has 7 heteroatoms. The topological polar surface area (TPSA) is 89.2 Å². The van der Waals surface area contributed by atoms with E-state index in [1.165, 1.54) is 11.0 Å². The summed E-state index contributed by atoms with van der Waals surface area (Å²) in [6, 6.07) is 4.85. The molecule has 1 heterocycles. The number of methoxy groups -OCH3 is 2. The predicted molar refractivity (Wildman–Crippen MR) is 85.7 cm³/mol. The summed E-state index contributed by atoms with van der Waals surface area (Å²) in [4.78, 5) is 24.7. The normalized spacial score (nSPS) is 10.3. The van der Waals surface area contributed by atoms with E-state index in [-0.39, 0.29) is 11.3 Å². The lowest BCUT2D eigenvalue weighted by Crippen LogP contribution is -2.26. The smallest absolute Gasteiger partial charge is 0.338 e. The molecular formula is C17H19NO6. The third kappa shape index (κ3) is 3.51. The number of aryl methyl sites for hydroxylation is 1. The highest BCUT2D eigenvalue weighted by molar-refractivity contribution is 5.95. The second-order valence-electron chi connectivity index (χ2n) is 5.30. The number of ether oxygens (including phenoxy) is 2. The molecule has 1 aromatic heterocycles. The lowest BCUT2D eigenvalue weighted by Gasteiger charge is -2.19. The molecule has 0 saturated carbocycles. The van der Waals surface area contributed by atoms with Gasteiger partial charge in [-0.25, -0.2) is 4.79 Å². The van der Waals surface area contributed by atoms with Gasteiger partial charge in [0, 0.05) is 19.7 Å². The second kappa shape index (κ2) is 7.08. The van der Waals surface area contributed by atoms with Crippen LogP contribution < -0.4 is 9.47 Å². The third-order valence-corrected chi connectivity index (χ3v) is 3.65. The summed E-state index contributed by atoms with van der Waals surface area (Å²) >= 11 is 0. The first-order valence-electron chi connectivity index (χ1n) is 7.16. The van der Waals surface area contributed by atoms with Crippen LogP contribution in [0.4, 0.5) is 0 Å². The van der Waals surface area contributed by atoms with Crippen LogP contribution in [-0.4, -0.2) is 43.2 Å². The van der Waals surface area contributed by atoms with Gasteiger partial charge in [-0.05, 0) is 30.2 Å². The van der Waals surface area contributed by atoms with Crippen molar-refractivity contribution in [3.05, 3.63) is 46.9 Å². The number of benzene rings is 1. The minimum Gasteiger partial charge on any atom is -0.493 e. The molecule has 128 valence electrons. The highest BCUT2D eigenvalue weighted by Gasteiger charge is 2.19. The molecule has 0 aliphatic heterocycles. The summed E-state index contributed by atoms with van der Waals surface area (Å²) in [5.41, 5.74) is 1.76. The van der Waals surface area contributed by atoms with Crippen LogP contribution in [0.25, 0.3) is 0 Å². The number of hydrogen-bond acceptors (Lipinski definition) is 5. The summed E-state index contributed by atoms with van der Waals surface area (Å²) < 4.78 is 15.6. The van der Waals surface area contributed by atoms with Gasteiger partial charge in [0.2, 0.25) is 0 Å². The highest BCUT2D eigenvalue weighted by Crippen LogP contribution is 2.30. The monoisotopic (exact) mass is 333 g/mol. The maximum absolute atomic E-state index is 12.4. The number of hydrogen-bond donors (Lipinski definition) is 1. The molecule has 0 saturated heterocycles. The average molecular weight is 333 g/mol. The zero-order valence-electron chi connectivity index (χ0n) is 14.0. The Labute approximate surface area is 139 Å². The van der Waals surface area contributed by atoms with E-state index >= 15 is 0 Å². The SMILES string of the molecule is COc1cc(C)c(CN(C)C(=O)c2cc(C(=O)O)co2)cc1OC. The fraction of sp³-hybridized carbons (Fsp3) is 0.294. The number of carbonyl (C=O) groups is 2. The lowest BCUT2D eigenvalue weighted by molar-refractivity contribution is 0.0695. The summed E-state index contributed by atoms with van der Waals surface area (Å²) in [6.07, 6.45) is 1.05. The van der Waals surface area contributed by atoms with Crippen LogP contribution in [0.15, 0.2) is 28.9 Å². The Morgan fingerprint density at radius 2 is 1.79 bits per heavy atom. The minimum atomic E-state index is -1.14. The van der Waals surface area contributed by atoms with Crippen molar-refractivity contribution in [3.63, 3.8) is 0 Å². The highest BCUT2D eigenvalue weighted by atomic mass is 16.5. The number of carboxylic acid groups (broad SMARTS) is 1. The number of nitrogens with zero attached hydrogens (tertiary/aromatic N) is 1. The molecule has 24 heavy (non-hydrogen) atoms. The van der Waals surface area contributed by atoms with Gasteiger partial charge in [0.15, 0.2) is 17.3 Å². The molecule has 0 spiro atoms. The fourth-order valence-corrected chi connectivity index (χ4v) is 2.27. The molecule has 0 bridgehead atoms. The molecule has 0 radical (unpaired) electrons. The second-order valence-corrected chi connectivity index (χ2v) is 5.30. The molecule has 0 unspecified atom stereocenters. The summed E-state index contributed by atoms with van der Waals surface area (Å²) in [5.74, 6) is -0.379. The summed E-state index contributed by atoms with van der Waals surface area (Å²) in [5, 5.41) is 8.89. The zero-order valence-corrected chi connectivity index (χ0v) is 14.0. The van der Waals surface area contributed by atoms with Crippen molar-refractivity contribution in [1.29, 1.82) is 0 Å². The van der Waals surface area contributed by atoms with Gasteiger partial charge < -0.3 is 23.9 Å². The van der Waals surface area contributed by atoms with Gasteiger partial charge >= 0.3 is 5.97 Å². The van der Waals surface area contributed by atoms with Crippen molar-refractivity contribution < 1.29 is 28.6 Å². The van der Waals surface area contributed by atoms with E-state index in [1.54, 1.807) is 21.3 Å². The average Bonchev–Trinajstić information content (AvgIpc) is 3.05. The van der Waals surface area contributed by atoms with Crippen LogP contribution in [0.2, 0.25) is 0 Å². The number of amides is 1. The van der Waals surface area contributed by atoms with Crippen LogP contribution >= 0.6 is 0 Å². The Hall–Kier alpha value is -2.96. The van der Waals surface area contributed by atoms with Crippen LogP contribution in [-0.2, 0) is 6.54 Å². The molecule has 1 amide bonds. The Balaban J connectivity index is 2.20. The molecule has 2 aromatic rings. The van der Waals surface area contributed by atoms with Crippen LogP contribution in [0.3, 0.4) is 0 Å². The lowest BCUT2D eigenvalue weighted by atomic mass is 10.1. The summed E-state index contributed by atoms with van der Waals surface area (Å²) in [6.45, 7) is 2.22. The van der Waals surface area contributed by atoms with E-state index < -0.39 is 11.9 Å². The largest absolute Gasteiger partial charge is 0.493 e. The first-order valence-corrected chi connectivity index (χ1v) is 7.16. The predicted octanol–water partition coefficient (Wildman–Crippen LogP) is 2.58. The van der Waals surface area contributed by atoms with Crippen LogP contribution in [0.5, 0.6) is 11.5 Å². The van der Waals surface area contributed by atoms with Crippen molar-refractivity contribution >= 4 is 11.9 Å². The van der Waals surface area contributed by atoms with E-state index in [9.17, 15) is 9.59 Å². The molecule has 0 aliphatic carbocycles. The van der Waals surface area contributed by atoms with Gasteiger partial charge in [-0.2, -0.15) is 0 Å². The van der Waals surface area contributed by atoms with E-state index in [0.717, 1.165) is 17.4 Å². The Morgan fingerprint density at radius 3 is 2.33 bits per heavy atom. The minimum absolute atomic E-state index is 0.0203. The standard InChI is InChI=1S/C17H19NO6/c1-10-5-13(22-3)14(23-4)6-11(10)8-18(2)16(19)15-7-12(9-24-15)17(20)21/h5-7,9H,8H2,1-4H3,(H,20,21). The summed E-state index contributed by atoms with van der Waals surface area (Å²) in [7, 11) is 4.72. The molecule has 7 nitrogen and oxygen atoms in total. The number of carboxylic acids is 1. The molecule has 0 atom stereocenters. The Morgan fingerprint density at radius 1 is 1.17 bits per heavy atom. The van der Waals surface area contributed by atoms with E-state index in [2.05, 4.69) is 0 Å². The number of rotatable bonds is 6. The van der Waals surface area contributed by atoms with Gasteiger partial charge in [0.25, 0.3) is 5.91 Å². The van der Waals surface area contributed by atoms with Crippen molar-refractivity contribution in [2.24, 2.45) is 0 Å². The number of aromatic carboxylic acids is 1. The van der Waals surface area contributed by atoms with E-state index in [4.69, 9.17) is 19.0 Å². The van der Waals surface area contributed by atoms with Gasteiger partial charge in [0.05, 0.1) is 19.8 Å². The molecule has 1 aromatic carbocycles. The molecule has 0 aliphatic rings. The molecule has 2 rings (SSSR count). The number of furan rings is 1. The quantitative estimate of drug-likeness (QED) is 0.874. The van der Waals surface area contributed by atoms with Gasteiger partial charge in [-0.1, -0.05) is 0 Å². The zero-order chi connectivity index (χ0) is 17.9. The van der Waals surface area contributed by atoms with Crippen molar-refractivity contribution in [1.82, 2.24) is 4.90 Å². The van der Waals surface area contributed by atoms with E-state index in [0.29, 0.717) is 18.0 Å². The third-order valence-electron chi connectivity index (χ3n) is 3.65. The maximum Gasteiger partial charge on any atom is 0.338 e. The molecule has 1 N–H and O–H groups in total. The molecular weight excluding hydrogens is 314 g/mol.